The normalized spacial score (nSPS) is 13.6. The van der Waals surface area contributed by atoms with Gasteiger partial charge in [-0.1, -0.05) is 13.8 Å². The third kappa shape index (κ3) is 4.48. The van der Waals surface area contributed by atoms with Crippen LogP contribution in [0.5, 0.6) is 0 Å². The second kappa shape index (κ2) is 6.17. The van der Waals surface area contributed by atoms with E-state index in [9.17, 15) is 0 Å². The van der Waals surface area contributed by atoms with Gasteiger partial charge in [0, 0.05) is 26.2 Å². The minimum atomic E-state index is 0.514. The minimum Gasteiger partial charge on any atom is -0.308 e. The van der Waals surface area contributed by atoms with Gasteiger partial charge in [0.1, 0.15) is 0 Å². The maximum absolute atomic E-state index is 4.36. The predicted octanol–water partition coefficient (Wildman–Crippen LogP) is 1.40. The second-order valence-corrected chi connectivity index (χ2v) is 5.39. The summed E-state index contributed by atoms with van der Waals surface area (Å²) in [4.78, 5) is 2.23. The van der Waals surface area contributed by atoms with Crippen molar-refractivity contribution in [3.63, 3.8) is 0 Å². The molecule has 0 radical (unpaired) electrons. The monoisotopic (exact) mass is 238 g/mol. The lowest BCUT2D eigenvalue weighted by atomic mass is 10.0. The highest BCUT2D eigenvalue weighted by Gasteiger charge is 2.14. The molecule has 0 bridgehead atoms. The maximum atomic E-state index is 4.36. The van der Waals surface area contributed by atoms with E-state index in [2.05, 4.69) is 49.3 Å². The van der Waals surface area contributed by atoms with Crippen LogP contribution in [0.1, 0.15) is 25.2 Å². The van der Waals surface area contributed by atoms with Crippen LogP contribution in [0.4, 0.5) is 0 Å². The van der Waals surface area contributed by atoms with Gasteiger partial charge in [0.25, 0.3) is 0 Å². The quantitative estimate of drug-likeness (QED) is 0.813. The number of aromatic nitrogens is 2. The van der Waals surface area contributed by atoms with Gasteiger partial charge in [0.15, 0.2) is 0 Å². The van der Waals surface area contributed by atoms with Crippen molar-refractivity contribution in [3.8, 4) is 0 Å². The number of nitrogens with zero attached hydrogens (tertiary/aromatic N) is 3. The van der Waals surface area contributed by atoms with Crippen molar-refractivity contribution in [2.75, 3.05) is 20.6 Å². The van der Waals surface area contributed by atoms with Gasteiger partial charge in [-0.15, -0.1) is 0 Å². The number of nitrogens with one attached hydrogen (secondary N) is 1. The lowest BCUT2D eigenvalue weighted by Gasteiger charge is -2.25. The van der Waals surface area contributed by atoms with E-state index in [1.807, 2.05) is 18.7 Å². The summed E-state index contributed by atoms with van der Waals surface area (Å²) < 4.78 is 1.95. The molecule has 0 aromatic carbocycles. The molecule has 1 aromatic heterocycles. The van der Waals surface area contributed by atoms with Gasteiger partial charge in [0.2, 0.25) is 0 Å². The Kier molecular flexibility index (Phi) is 5.15. The largest absolute Gasteiger partial charge is 0.308 e. The van der Waals surface area contributed by atoms with E-state index >= 15 is 0 Å². The Hall–Kier alpha value is -0.870. The number of likely N-dealkylation sites (N-methyl/N-ethyl adjacent to an activating group) is 1. The van der Waals surface area contributed by atoms with E-state index in [0.717, 1.165) is 18.8 Å². The molecule has 98 valence electrons. The predicted molar refractivity (Wildman–Crippen MR) is 72.0 cm³/mol. The molecule has 1 rings (SSSR count). The Morgan fingerprint density at radius 1 is 1.41 bits per heavy atom. The zero-order chi connectivity index (χ0) is 13.0. The van der Waals surface area contributed by atoms with Crippen molar-refractivity contribution in [1.82, 2.24) is 20.0 Å². The van der Waals surface area contributed by atoms with E-state index in [1.54, 1.807) is 0 Å². The van der Waals surface area contributed by atoms with E-state index in [-0.39, 0.29) is 0 Å². The first-order valence-electron chi connectivity index (χ1n) is 6.27. The Bertz CT molecular complexity index is 341. The van der Waals surface area contributed by atoms with Crippen LogP contribution in [-0.4, -0.2) is 41.4 Å². The first-order valence-corrected chi connectivity index (χ1v) is 6.27. The molecular formula is C13H26N4. The molecule has 0 amide bonds. The lowest BCUT2D eigenvalue weighted by Crippen LogP contribution is -2.41. The standard InChI is InChI=1S/C13H26N4/c1-10(2)13(9-16(4)5)14-8-12-7-11(3)15-17(12)6/h7,10,13-14H,8-9H2,1-6H3. The van der Waals surface area contributed by atoms with Crippen LogP contribution in [0, 0.1) is 12.8 Å². The fourth-order valence-electron chi connectivity index (χ4n) is 1.97. The third-order valence-electron chi connectivity index (χ3n) is 3.01. The molecule has 1 atom stereocenters. The van der Waals surface area contributed by atoms with Crippen LogP contribution in [0.3, 0.4) is 0 Å². The highest BCUT2D eigenvalue weighted by molar-refractivity contribution is 5.08. The third-order valence-corrected chi connectivity index (χ3v) is 3.01. The zero-order valence-corrected chi connectivity index (χ0v) is 12.0. The Balaban J connectivity index is 2.54. The molecule has 1 unspecified atom stereocenters. The van der Waals surface area contributed by atoms with Crippen molar-refractivity contribution in [3.05, 3.63) is 17.5 Å². The molecule has 4 nitrogen and oxygen atoms in total. The summed E-state index contributed by atoms with van der Waals surface area (Å²) in [6.07, 6.45) is 0. The summed E-state index contributed by atoms with van der Waals surface area (Å²) in [7, 11) is 6.23. The van der Waals surface area contributed by atoms with E-state index in [1.165, 1.54) is 5.69 Å². The lowest BCUT2D eigenvalue weighted by molar-refractivity contribution is 0.286. The summed E-state index contributed by atoms with van der Waals surface area (Å²) in [5.74, 6) is 0.631. The summed E-state index contributed by atoms with van der Waals surface area (Å²) in [6, 6.07) is 2.65. The molecule has 0 spiro atoms. The molecule has 4 heteroatoms. The molecule has 0 aliphatic carbocycles. The van der Waals surface area contributed by atoms with Gasteiger partial charge >= 0.3 is 0 Å². The van der Waals surface area contributed by atoms with Crippen molar-refractivity contribution >= 4 is 0 Å². The number of aryl methyl sites for hydroxylation is 2. The van der Waals surface area contributed by atoms with Crippen LogP contribution in [0.25, 0.3) is 0 Å². The average Bonchev–Trinajstić information content (AvgIpc) is 2.51. The fraction of sp³-hybridized carbons (Fsp3) is 0.769. The molecule has 1 aromatic rings. The van der Waals surface area contributed by atoms with Crippen molar-refractivity contribution in [2.24, 2.45) is 13.0 Å². The zero-order valence-electron chi connectivity index (χ0n) is 12.0. The van der Waals surface area contributed by atoms with Gasteiger partial charge in [-0.25, -0.2) is 0 Å². The second-order valence-electron chi connectivity index (χ2n) is 5.39. The smallest absolute Gasteiger partial charge is 0.0597 e. The highest BCUT2D eigenvalue weighted by atomic mass is 15.3. The Labute approximate surface area is 105 Å². The van der Waals surface area contributed by atoms with Crippen LogP contribution in [-0.2, 0) is 13.6 Å². The van der Waals surface area contributed by atoms with E-state index in [4.69, 9.17) is 0 Å². The fourth-order valence-corrected chi connectivity index (χ4v) is 1.97. The van der Waals surface area contributed by atoms with Gasteiger partial charge in [-0.05, 0) is 33.0 Å². The number of hydrogen-bond donors (Lipinski definition) is 1. The number of hydrogen-bond acceptors (Lipinski definition) is 3. The molecular weight excluding hydrogens is 212 g/mol. The van der Waals surface area contributed by atoms with Crippen LogP contribution < -0.4 is 5.32 Å². The molecule has 0 saturated carbocycles. The first kappa shape index (κ1) is 14.2. The van der Waals surface area contributed by atoms with Crippen molar-refractivity contribution in [2.45, 2.75) is 33.4 Å². The van der Waals surface area contributed by atoms with E-state index in [0.29, 0.717) is 12.0 Å². The SMILES string of the molecule is Cc1cc(CNC(CN(C)C)C(C)C)n(C)n1. The molecule has 1 heterocycles. The Morgan fingerprint density at radius 2 is 2.06 bits per heavy atom. The Morgan fingerprint density at radius 3 is 2.47 bits per heavy atom. The molecule has 0 saturated heterocycles. The van der Waals surface area contributed by atoms with Crippen LogP contribution in [0.15, 0.2) is 6.07 Å². The van der Waals surface area contributed by atoms with Crippen LogP contribution >= 0.6 is 0 Å². The topological polar surface area (TPSA) is 33.1 Å². The minimum absolute atomic E-state index is 0.514. The molecule has 17 heavy (non-hydrogen) atoms. The van der Waals surface area contributed by atoms with Gasteiger partial charge < -0.3 is 10.2 Å². The van der Waals surface area contributed by atoms with Crippen molar-refractivity contribution < 1.29 is 0 Å². The van der Waals surface area contributed by atoms with Crippen LogP contribution in [0.2, 0.25) is 0 Å². The maximum Gasteiger partial charge on any atom is 0.0597 e. The number of rotatable bonds is 6. The summed E-state index contributed by atoms with van der Waals surface area (Å²) in [5, 5.41) is 7.98. The molecule has 0 aliphatic heterocycles. The summed E-state index contributed by atoms with van der Waals surface area (Å²) in [5.41, 5.74) is 2.32. The van der Waals surface area contributed by atoms with Gasteiger partial charge in [0.05, 0.1) is 11.4 Å². The molecule has 0 aliphatic rings. The summed E-state index contributed by atoms with van der Waals surface area (Å²) >= 11 is 0. The van der Waals surface area contributed by atoms with Gasteiger partial charge in [-0.3, -0.25) is 4.68 Å². The summed E-state index contributed by atoms with van der Waals surface area (Å²) in [6.45, 7) is 8.50. The molecule has 1 N–H and O–H groups in total. The van der Waals surface area contributed by atoms with E-state index < -0.39 is 0 Å². The van der Waals surface area contributed by atoms with Crippen molar-refractivity contribution in [1.29, 1.82) is 0 Å². The first-order chi connectivity index (χ1) is 7.90. The highest BCUT2D eigenvalue weighted by Crippen LogP contribution is 2.06. The molecule has 0 fully saturated rings. The average molecular weight is 238 g/mol. The van der Waals surface area contributed by atoms with Gasteiger partial charge in [-0.2, -0.15) is 5.10 Å².